The summed E-state index contributed by atoms with van der Waals surface area (Å²) in [6, 6.07) is 19.6. The fourth-order valence-corrected chi connectivity index (χ4v) is 2.50. The summed E-state index contributed by atoms with van der Waals surface area (Å²) in [4.78, 5) is 0. The predicted molar refractivity (Wildman–Crippen MR) is 80.5 cm³/mol. The summed E-state index contributed by atoms with van der Waals surface area (Å²) < 4.78 is 1.13. The lowest BCUT2D eigenvalue weighted by atomic mass is 10.0. The number of hydrogen-bond donors (Lipinski definition) is 1. The highest BCUT2D eigenvalue weighted by atomic mass is 79.9. The van der Waals surface area contributed by atoms with E-state index < -0.39 is 0 Å². The van der Waals surface area contributed by atoms with Gasteiger partial charge in [0, 0.05) is 16.6 Å². The molecule has 1 unspecified atom stereocenters. The molecular weight excluding hydrogens is 286 g/mol. The van der Waals surface area contributed by atoms with Crippen molar-refractivity contribution in [2.75, 3.05) is 0 Å². The Bertz CT molecular complexity index is 495. The molecule has 0 aliphatic rings. The van der Waals surface area contributed by atoms with E-state index in [4.69, 9.17) is 0 Å². The van der Waals surface area contributed by atoms with Crippen LogP contribution in [0.25, 0.3) is 0 Å². The SMILES string of the molecule is CC(N[C@@H](C)c1cccc(Br)c1)c1ccccc1. The van der Waals surface area contributed by atoms with Gasteiger partial charge in [0.1, 0.15) is 0 Å². The number of halogens is 1. The summed E-state index contributed by atoms with van der Waals surface area (Å²) >= 11 is 3.51. The molecule has 2 aromatic rings. The fourth-order valence-electron chi connectivity index (χ4n) is 2.09. The van der Waals surface area contributed by atoms with Crippen molar-refractivity contribution < 1.29 is 0 Å². The summed E-state index contributed by atoms with van der Waals surface area (Å²) in [5.74, 6) is 0. The van der Waals surface area contributed by atoms with Crippen LogP contribution in [0.3, 0.4) is 0 Å². The van der Waals surface area contributed by atoms with Crippen LogP contribution in [0.1, 0.15) is 37.1 Å². The lowest BCUT2D eigenvalue weighted by Crippen LogP contribution is -2.22. The van der Waals surface area contributed by atoms with Gasteiger partial charge in [-0.2, -0.15) is 0 Å². The van der Waals surface area contributed by atoms with E-state index in [0.717, 1.165) is 4.47 Å². The van der Waals surface area contributed by atoms with E-state index in [2.05, 4.69) is 83.6 Å². The zero-order valence-electron chi connectivity index (χ0n) is 10.7. The third-order valence-corrected chi connectivity index (χ3v) is 3.64. The first-order valence-electron chi connectivity index (χ1n) is 6.23. The minimum absolute atomic E-state index is 0.331. The minimum atomic E-state index is 0.331. The van der Waals surface area contributed by atoms with Crippen molar-refractivity contribution in [3.05, 3.63) is 70.2 Å². The van der Waals surface area contributed by atoms with Gasteiger partial charge < -0.3 is 5.32 Å². The molecule has 0 aromatic heterocycles. The molecule has 94 valence electrons. The van der Waals surface area contributed by atoms with E-state index in [1.807, 2.05) is 6.07 Å². The number of nitrogens with one attached hydrogen (secondary N) is 1. The molecule has 18 heavy (non-hydrogen) atoms. The predicted octanol–water partition coefficient (Wildman–Crippen LogP) is 4.86. The molecule has 1 nitrogen and oxygen atoms in total. The van der Waals surface area contributed by atoms with Crippen LogP contribution in [0, 0.1) is 0 Å². The molecule has 2 aromatic carbocycles. The van der Waals surface area contributed by atoms with Gasteiger partial charge in [0.05, 0.1) is 0 Å². The lowest BCUT2D eigenvalue weighted by Gasteiger charge is -2.21. The normalized spacial score (nSPS) is 14.2. The molecule has 1 N–H and O–H groups in total. The van der Waals surface area contributed by atoms with Crippen LogP contribution in [0.15, 0.2) is 59.1 Å². The van der Waals surface area contributed by atoms with Gasteiger partial charge in [-0.1, -0.05) is 58.4 Å². The van der Waals surface area contributed by atoms with Crippen molar-refractivity contribution in [2.24, 2.45) is 0 Å². The zero-order valence-corrected chi connectivity index (χ0v) is 12.3. The summed E-state index contributed by atoms with van der Waals surface area (Å²) in [5.41, 5.74) is 2.62. The Hall–Kier alpha value is -1.12. The monoisotopic (exact) mass is 303 g/mol. The van der Waals surface area contributed by atoms with Gasteiger partial charge in [0.15, 0.2) is 0 Å². The Morgan fingerprint density at radius 1 is 0.833 bits per heavy atom. The number of benzene rings is 2. The highest BCUT2D eigenvalue weighted by Crippen LogP contribution is 2.21. The van der Waals surface area contributed by atoms with Crippen LogP contribution in [0.5, 0.6) is 0 Å². The maximum absolute atomic E-state index is 3.62. The molecule has 0 saturated carbocycles. The van der Waals surface area contributed by atoms with Crippen LogP contribution < -0.4 is 5.32 Å². The van der Waals surface area contributed by atoms with Gasteiger partial charge in [-0.15, -0.1) is 0 Å². The molecule has 0 radical (unpaired) electrons. The first-order chi connectivity index (χ1) is 8.66. The topological polar surface area (TPSA) is 12.0 Å². The molecule has 2 heteroatoms. The van der Waals surface area contributed by atoms with E-state index in [0.29, 0.717) is 12.1 Å². The Kier molecular flexibility index (Phi) is 4.56. The molecule has 0 bridgehead atoms. The largest absolute Gasteiger partial charge is 0.304 e. The van der Waals surface area contributed by atoms with Gasteiger partial charge in [-0.25, -0.2) is 0 Å². The molecular formula is C16H18BrN. The van der Waals surface area contributed by atoms with Gasteiger partial charge in [-0.3, -0.25) is 0 Å². The number of rotatable bonds is 4. The maximum Gasteiger partial charge on any atom is 0.0297 e. The van der Waals surface area contributed by atoms with Crippen LogP contribution in [0.4, 0.5) is 0 Å². The van der Waals surface area contributed by atoms with Crippen LogP contribution in [-0.2, 0) is 0 Å². The second-order valence-corrected chi connectivity index (χ2v) is 5.49. The van der Waals surface area contributed by atoms with Crippen molar-refractivity contribution >= 4 is 15.9 Å². The molecule has 0 spiro atoms. The van der Waals surface area contributed by atoms with Crippen LogP contribution >= 0.6 is 15.9 Å². The van der Waals surface area contributed by atoms with Gasteiger partial charge in [0.25, 0.3) is 0 Å². The molecule has 0 heterocycles. The third kappa shape index (κ3) is 3.44. The van der Waals surface area contributed by atoms with E-state index in [1.165, 1.54) is 11.1 Å². The highest BCUT2D eigenvalue weighted by Gasteiger charge is 2.10. The fraction of sp³-hybridized carbons (Fsp3) is 0.250. The second kappa shape index (κ2) is 6.17. The number of hydrogen-bond acceptors (Lipinski definition) is 1. The Morgan fingerprint density at radius 3 is 2.11 bits per heavy atom. The van der Waals surface area contributed by atoms with Crippen molar-refractivity contribution in [3.63, 3.8) is 0 Å². The molecule has 2 rings (SSSR count). The molecule has 0 saturated heterocycles. The first kappa shape index (κ1) is 13.3. The Labute approximate surface area is 117 Å². The second-order valence-electron chi connectivity index (χ2n) is 4.58. The average Bonchev–Trinajstić information content (AvgIpc) is 2.39. The van der Waals surface area contributed by atoms with E-state index in [-0.39, 0.29) is 0 Å². The van der Waals surface area contributed by atoms with E-state index >= 15 is 0 Å². The minimum Gasteiger partial charge on any atom is -0.304 e. The van der Waals surface area contributed by atoms with Gasteiger partial charge in [0.2, 0.25) is 0 Å². The molecule has 0 aliphatic carbocycles. The first-order valence-corrected chi connectivity index (χ1v) is 7.02. The van der Waals surface area contributed by atoms with Crippen molar-refractivity contribution in [3.8, 4) is 0 Å². The van der Waals surface area contributed by atoms with Gasteiger partial charge in [-0.05, 0) is 37.1 Å². The van der Waals surface area contributed by atoms with Gasteiger partial charge >= 0.3 is 0 Å². The summed E-state index contributed by atoms with van der Waals surface area (Å²) in [6.07, 6.45) is 0. The molecule has 0 aliphatic heterocycles. The van der Waals surface area contributed by atoms with Crippen molar-refractivity contribution in [2.45, 2.75) is 25.9 Å². The van der Waals surface area contributed by atoms with Crippen molar-refractivity contribution in [1.82, 2.24) is 5.32 Å². The van der Waals surface area contributed by atoms with E-state index in [1.54, 1.807) is 0 Å². The van der Waals surface area contributed by atoms with Crippen molar-refractivity contribution in [1.29, 1.82) is 0 Å². The summed E-state index contributed by atoms with van der Waals surface area (Å²) in [5, 5.41) is 3.62. The summed E-state index contributed by atoms with van der Waals surface area (Å²) in [7, 11) is 0. The smallest absolute Gasteiger partial charge is 0.0297 e. The Balaban J connectivity index is 2.05. The highest BCUT2D eigenvalue weighted by molar-refractivity contribution is 9.10. The molecule has 0 fully saturated rings. The quantitative estimate of drug-likeness (QED) is 0.850. The molecule has 0 amide bonds. The average molecular weight is 304 g/mol. The van der Waals surface area contributed by atoms with Crippen LogP contribution in [-0.4, -0.2) is 0 Å². The Morgan fingerprint density at radius 2 is 1.44 bits per heavy atom. The lowest BCUT2D eigenvalue weighted by molar-refractivity contribution is 0.494. The standard InChI is InChI=1S/C16H18BrN/c1-12(14-7-4-3-5-8-14)18-13(2)15-9-6-10-16(17)11-15/h3-13,18H,1-2H3/t12?,13-/m0/s1. The third-order valence-electron chi connectivity index (χ3n) is 3.15. The van der Waals surface area contributed by atoms with Crippen LogP contribution in [0.2, 0.25) is 0 Å². The zero-order chi connectivity index (χ0) is 13.0. The maximum atomic E-state index is 3.62. The summed E-state index contributed by atoms with van der Waals surface area (Å²) in [6.45, 7) is 4.39. The van der Waals surface area contributed by atoms with E-state index in [9.17, 15) is 0 Å². The molecule has 2 atom stereocenters.